The third-order valence-electron chi connectivity index (χ3n) is 3.13. The van der Waals surface area contributed by atoms with Crippen LogP contribution in [-0.2, 0) is 22.0 Å². The maximum Gasteiger partial charge on any atom is 0.316 e. The Morgan fingerprint density at radius 2 is 2.40 bits per heavy atom. The molecule has 4 heteroatoms. The van der Waals surface area contributed by atoms with Crippen LogP contribution in [0.2, 0.25) is 0 Å². The Labute approximate surface area is 89.2 Å². The Bertz CT molecular complexity index is 366. The average molecular weight is 208 g/mol. The Balaban J connectivity index is 2.25. The van der Waals surface area contributed by atoms with Crippen molar-refractivity contribution in [2.75, 3.05) is 6.61 Å². The Hall–Kier alpha value is -1.32. The van der Waals surface area contributed by atoms with Crippen molar-refractivity contribution in [3.63, 3.8) is 0 Å². The lowest BCUT2D eigenvalue weighted by Crippen LogP contribution is -2.43. The predicted molar refractivity (Wildman–Crippen MR) is 55.4 cm³/mol. The van der Waals surface area contributed by atoms with Gasteiger partial charge in [-0.05, 0) is 19.8 Å². The lowest BCUT2D eigenvalue weighted by atomic mass is 9.65. The zero-order valence-electron chi connectivity index (χ0n) is 9.19. The van der Waals surface area contributed by atoms with Gasteiger partial charge in [0.2, 0.25) is 0 Å². The van der Waals surface area contributed by atoms with E-state index in [1.165, 1.54) is 0 Å². The molecule has 82 valence electrons. The molecule has 1 aromatic rings. The molecule has 0 radical (unpaired) electrons. The van der Waals surface area contributed by atoms with Crippen molar-refractivity contribution in [2.24, 2.45) is 7.05 Å². The van der Waals surface area contributed by atoms with Crippen LogP contribution in [0.25, 0.3) is 0 Å². The maximum absolute atomic E-state index is 11.9. The summed E-state index contributed by atoms with van der Waals surface area (Å²) in [6, 6.07) is 0. The van der Waals surface area contributed by atoms with Crippen LogP contribution in [0.5, 0.6) is 0 Å². The van der Waals surface area contributed by atoms with Crippen molar-refractivity contribution in [2.45, 2.75) is 31.6 Å². The summed E-state index contributed by atoms with van der Waals surface area (Å²) in [4.78, 5) is 11.9. The molecule has 4 nitrogen and oxygen atoms in total. The molecule has 2 rings (SSSR count). The molecular weight excluding hydrogens is 192 g/mol. The van der Waals surface area contributed by atoms with E-state index < -0.39 is 5.41 Å². The van der Waals surface area contributed by atoms with E-state index in [0.717, 1.165) is 24.8 Å². The molecule has 0 bridgehead atoms. The lowest BCUT2D eigenvalue weighted by Gasteiger charge is -2.38. The minimum Gasteiger partial charge on any atom is -0.465 e. The predicted octanol–water partition coefficient (Wildman–Crippen LogP) is 1.40. The lowest BCUT2D eigenvalue weighted by molar-refractivity contribution is -0.153. The number of ether oxygens (including phenoxy) is 1. The second kappa shape index (κ2) is 3.68. The van der Waals surface area contributed by atoms with Crippen LogP contribution in [-0.4, -0.2) is 22.4 Å². The van der Waals surface area contributed by atoms with E-state index in [4.69, 9.17) is 4.74 Å². The Morgan fingerprint density at radius 3 is 2.80 bits per heavy atom. The van der Waals surface area contributed by atoms with Crippen LogP contribution < -0.4 is 0 Å². The zero-order valence-corrected chi connectivity index (χ0v) is 9.19. The highest BCUT2D eigenvalue weighted by Crippen LogP contribution is 2.44. The molecule has 0 spiro atoms. The molecule has 1 fully saturated rings. The normalized spacial score (nSPS) is 18.3. The van der Waals surface area contributed by atoms with Crippen LogP contribution in [0, 0.1) is 0 Å². The van der Waals surface area contributed by atoms with Gasteiger partial charge in [-0.15, -0.1) is 0 Å². The van der Waals surface area contributed by atoms with Crippen molar-refractivity contribution in [1.29, 1.82) is 0 Å². The maximum atomic E-state index is 11.9. The second-order valence-corrected chi connectivity index (χ2v) is 4.06. The third-order valence-corrected chi connectivity index (χ3v) is 3.13. The Kier molecular flexibility index (Phi) is 2.50. The molecule has 1 saturated carbocycles. The second-order valence-electron chi connectivity index (χ2n) is 4.06. The minimum atomic E-state index is -0.399. The van der Waals surface area contributed by atoms with E-state index in [9.17, 15) is 4.79 Å². The van der Waals surface area contributed by atoms with E-state index in [1.54, 1.807) is 10.9 Å². The summed E-state index contributed by atoms with van der Waals surface area (Å²) in [5.74, 6) is -0.0933. The fourth-order valence-electron chi connectivity index (χ4n) is 2.08. The molecule has 0 N–H and O–H groups in total. The average Bonchev–Trinajstić information content (AvgIpc) is 2.51. The first kappa shape index (κ1) is 10.2. The summed E-state index contributed by atoms with van der Waals surface area (Å²) in [5, 5.41) is 4.12. The molecule has 1 heterocycles. The van der Waals surface area contributed by atoms with Gasteiger partial charge in [-0.2, -0.15) is 5.10 Å². The molecule has 1 aromatic heterocycles. The fraction of sp³-hybridized carbons (Fsp3) is 0.636. The molecule has 0 atom stereocenters. The molecule has 1 aliphatic rings. The molecular formula is C11H16N2O2. The summed E-state index contributed by atoms with van der Waals surface area (Å²) in [7, 11) is 1.86. The zero-order chi connectivity index (χ0) is 10.9. The number of rotatable bonds is 3. The monoisotopic (exact) mass is 208 g/mol. The number of aromatic nitrogens is 2. The van der Waals surface area contributed by atoms with E-state index in [1.807, 2.05) is 20.2 Å². The Morgan fingerprint density at radius 1 is 1.67 bits per heavy atom. The van der Waals surface area contributed by atoms with Crippen LogP contribution in [0.15, 0.2) is 12.4 Å². The van der Waals surface area contributed by atoms with Gasteiger partial charge in [-0.1, -0.05) is 6.42 Å². The summed E-state index contributed by atoms with van der Waals surface area (Å²) >= 11 is 0. The highest BCUT2D eigenvalue weighted by atomic mass is 16.5. The highest BCUT2D eigenvalue weighted by molar-refractivity contribution is 5.84. The van der Waals surface area contributed by atoms with Crippen molar-refractivity contribution in [1.82, 2.24) is 9.78 Å². The van der Waals surface area contributed by atoms with Gasteiger partial charge in [-0.3, -0.25) is 9.48 Å². The summed E-state index contributed by atoms with van der Waals surface area (Å²) < 4.78 is 6.87. The van der Waals surface area contributed by atoms with Crippen LogP contribution in [0.4, 0.5) is 0 Å². The molecule has 0 unspecified atom stereocenters. The van der Waals surface area contributed by atoms with E-state index in [-0.39, 0.29) is 5.97 Å². The van der Waals surface area contributed by atoms with Crippen molar-refractivity contribution < 1.29 is 9.53 Å². The van der Waals surface area contributed by atoms with Crippen LogP contribution >= 0.6 is 0 Å². The van der Waals surface area contributed by atoms with Crippen molar-refractivity contribution in [3.05, 3.63) is 18.0 Å². The quantitative estimate of drug-likeness (QED) is 0.705. The summed E-state index contributed by atoms with van der Waals surface area (Å²) in [5.41, 5.74) is 0.597. The standard InChI is InChI=1S/C11H16N2O2/c1-3-15-10(14)11(5-4-6-11)9-7-12-13(2)8-9/h7-8H,3-6H2,1-2H3. The van der Waals surface area contributed by atoms with Gasteiger partial charge in [0.25, 0.3) is 0 Å². The van der Waals surface area contributed by atoms with E-state index in [2.05, 4.69) is 5.10 Å². The fourth-order valence-corrected chi connectivity index (χ4v) is 2.08. The van der Waals surface area contributed by atoms with Gasteiger partial charge in [0.05, 0.1) is 18.2 Å². The first-order valence-corrected chi connectivity index (χ1v) is 5.35. The number of carbonyl (C=O) groups excluding carboxylic acids is 1. The number of nitrogens with zero attached hydrogens (tertiary/aromatic N) is 2. The molecule has 0 amide bonds. The number of aryl methyl sites for hydroxylation is 1. The third kappa shape index (κ3) is 1.54. The number of hydrogen-bond donors (Lipinski definition) is 0. The highest BCUT2D eigenvalue weighted by Gasteiger charge is 2.47. The smallest absolute Gasteiger partial charge is 0.316 e. The summed E-state index contributed by atoms with van der Waals surface area (Å²) in [6.07, 6.45) is 6.55. The summed E-state index contributed by atoms with van der Waals surface area (Å²) in [6.45, 7) is 2.29. The van der Waals surface area contributed by atoms with Gasteiger partial charge in [-0.25, -0.2) is 0 Å². The molecule has 1 aliphatic carbocycles. The van der Waals surface area contributed by atoms with Crippen molar-refractivity contribution >= 4 is 5.97 Å². The molecule has 0 saturated heterocycles. The SMILES string of the molecule is CCOC(=O)C1(c2cnn(C)c2)CCC1. The number of esters is 1. The van der Waals surface area contributed by atoms with Gasteiger partial charge < -0.3 is 4.74 Å². The van der Waals surface area contributed by atoms with E-state index in [0.29, 0.717) is 6.61 Å². The van der Waals surface area contributed by atoms with E-state index >= 15 is 0 Å². The largest absolute Gasteiger partial charge is 0.465 e. The topological polar surface area (TPSA) is 44.1 Å². The van der Waals surface area contributed by atoms with Crippen LogP contribution in [0.1, 0.15) is 31.7 Å². The first-order chi connectivity index (χ1) is 7.19. The van der Waals surface area contributed by atoms with Gasteiger partial charge in [0.1, 0.15) is 0 Å². The molecule has 15 heavy (non-hydrogen) atoms. The minimum absolute atomic E-state index is 0.0933. The van der Waals surface area contributed by atoms with Crippen LogP contribution in [0.3, 0.4) is 0 Å². The molecule has 0 aromatic carbocycles. The van der Waals surface area contributed by atoms with Gasteiger partial charge in [0, 0.05) is 18.8 Å². The van der Waals surface area contributed by atoms with Gasteiger partial charge >= 0.3 is 5.97 Å². The number of hydrogen-bond acceptors (Lipinski definition) is 3. The first-order valence-electron chi connectivity index (χ1n) is 5.35. The number of carbonyl (C=O) groups is 1. The van der Waals surface area contributed by atoms with Crippen molar-refractivity contribution in [3.8, 4) is 0 Å². The van der Waals surface area contributed by atoms with Gasteiger partial charge in [0.15, 0.2) is 0 Å². The molecule has 0 aliphatic heterocycles.